The van der Waals surface area contributed by atoms with Crippen molar-refractivity contribution in [2.24, 2.45) is 5.10 Å². The number of nitro groups is 1. The molecule has 33 heavy (non-hydrogen) atoms. The summed E-state index contributed by atoms with van der Waals surface area (Å²) in [6.07, 6.45) is 0. The van der Waals surface area contributed by atoms with Crippen LogP contribution in [0.1, 0.15) is 55.0 Å². The average molecular weight is 480 g/mol. The second-order valence-corrected chi connectivity index (χ2v) is 9.09. The molecule has 0 spiro atoms. The second-order valence-electron chi connectivity index (χ2n) is 7.18. The number of esters is 1. The Morgan fingerprint density at radius 1 is 1.24 bits per heavy atom. The van der Waals surface area contributed by atoms with E-state index >= 15 is 0 Å². The standard InChI is InChI=1S/C21H29N5O6S/c1-7-25(8-2)33(30,31)18-12-16(26(28)29)10-11-17(18)24-23-15(6)20-13(4)19(14(5)22-20)21(27)32-9-3/h10-12,22,24H,7-9H2,1-6H3/b23-15+. The van der Waals surface area contributed by atoms with Gasteiger partial charge in [-0.25, -0.2) is 13.2 Å². The normalized spacial score (nSPS) is 12.2. The number of rotatable bonds is 10. The fraction of sp³-hybridized carbons (Fsp3) is 0.429. The smallest absolute Gasteiger partial charge is 0.340 e. The van der Waals surface area contributed by atoms with E-state index in [-0.39, 0.29) is 36.0 Å². The van der Waals surface area contributed by atoms with Crippen LogP contribution in [-0.4, -0.2) is 54.0 Å². The van der Waals surface area contributed by atoms with Gasteiger partial charge in [0.1, 0.15) is 4.90 Å². The number of nitro benzene ring substituents is 1. The summed E-state index contributed by atoms with van der Waals surface area (Å²) in [5.74, 6) is -0.446. The van der Waals surface area contributed by atoms with Crippen molar-refractivity contribution >= 4 is 33.1 Å². The lowest BCUT2D eigenvalue weighted by Crippen LogP contribution is -2.31. The fourth-order valence-electron chi connectivity index (χ4n) is 3.45. The highest BCUT2D eigenvalue weighted by atomic mass is 32.2. The first-order valence-electron chi connectivity index (χ1n) is 10.4. The molecule has 0 fully saturated rings. The van der Waals surface area contributed by atoms with Crippen molar-refractivity contribution in [1.82, 2.24) is 9.29 Å². The van der Waals surface area contributed by atoms with Gasteiger partial charge in [-0.2, -0.15) is 9.41 Å². The van der Waals surface area contributed by atoms with E-state index in [1.165, 1.54) is 16.4 Å². The van der Waals surface area contributed by atoms with E-state index in [2.05, 4.69) is 15.5 Å². The number of hydrogen-bond donors (Lipinski definition) is 2. The van der Waals surface area contributed by atoms with Crippen LogP contribution in [-0.2, 0) is 14.8 Å². The van der Waals surface area contributed by atoms with Crippen LogP contribution in [0.15, 0.2) is 28.2 Å². The summed E-state index contributed by atoms with van der Waals surface area (Å²) in [6.45, 7) is 10.9. The molecule has 1 aromatic heterocycles. The van der Waals surface area contributed by atoms with Crippen molar-refractivity contribution in [3.63, 3.8) is 0 Å². The van der Waals surface area contributed by atoms with E-state index in [0.29, 0.717) is 28.2 Å². The maximum atomic E-state index is 13.1. The molecule has 1 aromatic carbocycles. The molecule has 0 aliphatic heterocycles. The number of hydrazone groups is 1. The van der Waals surface area contributed by atoms with Crippen molar-refractivity contribution in [3.8, 4) is 0 Å². The maximum absolute atomic E-state index is 13.1. The zero-order chi connectivity index (χ0) is 24.9. The van der Waals surface area contributed by atoms with Crippen LogP contribution in [0.25, 0.3) is 0 Å². The molecule has 0 aliphatic rings. The van der Waals surface area contributed by atoms with Gasteiger partial charge in [-0.15, -0.1) is 0 Å². The van der Waals surface area contributed by atoms with Crippen LogP contribution in [0.3, 0.4) is 0 Å². The SMILES string of the molecule is CCOC(=O)c1c(C)[nH]c(/C(C)=N/Nc2ccc([N+](=O)[O-])cc2S(=O)(=O)N(CC)CC)c1C. The molecule has 12 heteroatoms. The van der Waals surface area contributed by atoms with Crippen LogP contribution < -0.4 is 5.43 Å². The Morgan fingerprint density at radius 2 is 1.88 bits per heavy atom. The fourth-order valence-corrected chi connectivity index (χ4v) is 5.07. The Bertz CT molecular complexity index is 1180. The molecule has 0 radical (unpaired) electrons. The van der Waals surface area contributed by atoms with Gasteiger partial charge in [0, 0.05) is 30.9 Å². The van der Waals surface area contributed by atoms with Crippen LogP contribution in [0, 0.1) is 24.0 Å². The first kappa shape index (κ1) is 26.0. The minimum atomic E-state index is -4.00. The number of ether oxygens (including phenoxy) is 1. The summed E-state index contributed by atoms with van der Waals surface area (Å²) in [6, 6.07) is 3.53. The van der Waals surface area contributed by atoms with Gasteiger partial charge in [0.05, 0.1) is 34.2 Å². The lowest BCUT2D eigenvalue weighted by Gasteiger charge is -2.20. The molecule has 180 valence electrons. The van der Waals surface area contributed by atoms with Crippen molar-refractivity contribution in [1.29, 1.82) is 0 Å². The van der Waals surface area contributed by atoms with E-state index < -0.39 is 20.9 Å². The molecule has 2 aromatic rings. The lowest BCUT2D eigenvalue weighted by molar-refractivity contribution is -0.385. The number of aromatic amines is 1. The molecule has 2 rings (SSSR count). The summed E-state index contributed by atoms with van der Waals surface area (Å²) in [5.41, 5.74) is 5.19. The van der Waals surface area contributed by atoms with E-state index in [1.54, 1.807) is 41.5 Å². The largest absolute Gasteiger partial charge is 0.462 e. The number of nitrogens with zero attached hydrogens (tertiary/aromatic N) is 3. The zero-order valence-electron chi connectivity index (χ0n) is 19.6. The quantitative estimate of drug-likeness (QED) is 0.229. The molecule has 0 saturated heterocycles. The third-order valence-electron chi connectivity index (χ3n) is 5.12. The lowest BCUT2D eigenvalue weighted by atomic mass is 10.1. The number of carbonyl (C=O) groups is 1. The molecule has 0 bridgehead atoms. The topological polar surface area (TPSA) is 147 Å². The molecule has 2 N–H and O–H groups in total. The van der Waals surface area contributed by atoms with Crippen LogP contribution in [0.2, 0.25) is 0 Å². The van der Waals surface area contributed by atoms with Crippen molar-refractivity contribution in [3.05, 3.63) is 50.8 Å². The number of anilines is 1. The van der Waals surface area contributed by atoms with E-state index in [0.717, 1.165) is 6.07 Å². The highest BCUT2D eigenvalue weighted by molar-refractivity contribution is 7.89. The molecule has 11 nitrogen and oxygen atoms in total. The molecule has 1 heterocycles. The highest BCUT2D eigenvalue weighted by Gasteiger charge is 2.27. The number of nitrogens with one attached hydrogen (secondary N) is 2. The van der Waals surface area contributed by atoms with Gasteiger partial charge in [-0.05, 0) is 39.3 Å². The maximum Gasteiger partial charge on any atom is 0.340 e. The molecular weight excluding hydrogens is 450 g/mol. The predicted molar refractivity (Wildman–Crippen MR) is 125 cm³/mol. The average Bonchev–Trinajstić information content (AvgIpc) is 3.06. The third-order valence-corrected chi connectivity index (χ3v) is 7.21. The van der Waals surface area contributed by atoms with Crippen LogP contribution >= 0.6 is 0 Å². The van der Waals surface area contributed by atoms with Gasteiger partial charge in [-0.3, -0.25) is 15.5 Å². The van der Waals surface area contributed by atoms with Gasteiger partial charge in [-0.1, -0.05) is 13.8 Å². The number of non-ortho nitro benzene ring substituents is 1. The molecule has 0 aliphatic carbocycles. The number of aryl methyl sites for hydroxylation is 1. The van der Waals surface area contributed by atoms with E-state index in [1.807, 2.05) is 0 Å². The van der Waals surface area contributed by atoms with E-state index in [9.17, 15) is 23.3 Å². The summed E-state index contributed by atoms with van der Waals surface area (Å²) in [7, 11) is -4.00. The molecule has 0 saturated carbocycles. The summed E-state index contributed by atoms with van der Waals surface area (Å²) >= 11 is 0. The third kappa shape index (κ3) is 5.40. The number of benzene rings is 1. The molecule has 0 unspecified atom stereocenters. The van der Waals surface area contributed by atoms with E-state index in [4.69, 9.17) is 4.74 Å². The van der Waals surface area contributed by atoms with Gasteiger partial charge < -0.3 is 9.72 Å². The van der Waals surface area contributed by atoms with Crippen LogP contribution in [0.4, 0.5) is 11.4 Å². The first-order chi connectivity index (χ1) is 15.5. The second kappa shape index (κ2) is 10.6. The summed E-state index contributed by atoms with van der Waals surface area (Å²) in [5, 5.41) is 15.5. The molecule has 0 atom stereocenters. The van der Waals surface area contributed by atoms with Gasteiger partial charge in [0.25, 0.3) is 5.69 Å². The summed E-state index contributed by atoms with van der Waals surface area (Å²) in [4.78, 5) is 25.7. The van der Waals surface area contributed by atoms with Crippen molar-refractivity contribution < 1.29 is 22.9 Å². The van der Waals surface area contributed by atoms with Crippen molar-refractivity contribution in [2.45, 2.75) is 46.4 Å². The number of hydrogen-bond acceptors (Lipinski definition) is 8. The zero-order valence-corrected chi connectivity index (χ0v) is 20.4. The Balaban J connectivity index is 2.51. The predicted octanol–water partition coefficient (Wildman–Crippen LogP) is 3.58. The summed E-state index contributed by atoms with van der Waals surface area (Å²) < 4.78 is 32.5. The van der Waals surface area contributed by atoms with Gasteiger partial charge in [0.2, 0.25) is 10.0 Å². The highest BCUT2D eigenvalue weighted by Crippen LogP contribution is 2.29. The number of carbonyl (C=O) groups excluding carboxylic acids is 1. The number of aromatic nitrogens is 1. The Morgan fingerprint density at radius 3 is 2.42 bits per heavy atom. The van der Waals surface area contributed by atoms with Gasteiger partial charge in [0.15, 0.2) is 0 Å². The Hall–Kier alpha value is -3.25. The minimum absolute atomic E-state index is 0.0957. The number of H-pyrrole nitrogens is 1. The molecule has 0 amide bonds. The van der Waals surface area contributed by atoms with Crippen molar-refractivity contribution in [2.75, 3.05) is 25.1 Å². The monoisotopic (exact) mass is 479 g/mol. The molecular formula is C21H29N5O6S. The van der Waals surface area contributed by atoms with Crippen LogP contribution in [0.5, 0.6) is 0 Å². The minimum Gasteiger partial charge on any atom is -0.462 e. The number of sulfonamides is 1. The van der Waals surface area contributed by atoms with Gasteiger partial charge >= 0.3 is 5.97 Å². The first-order valence-corrected chi connectivity index (χ1v) is 11.9. The Labute approximate surface area is 193 Å². The Kier molecular flexibility index (Phi) is 8.34.